The second-order valence-corrected chi connectivity index (χ2v) is 12.8. The Bertz CT molecular complexity index is 1360. The molecule has 0 radical (unpaired) electrons. The summed E-state index contributed by atoms with van der Waals surface area (Å²) in [5.41, 5.74) is 4.77. The van der Waals surface area contributed by atoms with Crippen LogP contribution in [0.2, 0.25) is 0 Å². The van der Waals surface area contributed by atoms with Crippen LogP contribution in [0.3, 0.4) is 0 Å². The SMILES string of the molecule is CC(C)C[C@H](N[C@@H](c1ccc(-c2ccc(N3CC[NH2+]CC3)cc2)cc1)c1cccs1)C(=O)NCC#N.CS(=O)(=O)[O-]. The van der Waals surface area contributed by atoms with Crippen molar-refractivity contribution in [1.29, 1.82) is 5.26 Å². The molecule has 0 bridgehead atoms. The maximum atomic E-state index is 12.8. The molecule has 0 aliphatic carbocycles. The average Bonchev–Trinajstić information content (AvgIpc) is 3.48. The number of anilines is 1. The van der Waals surface area contributed by atoms with Gasteiger partial charge in [-0.25, -0.2) is 8.42 Å². The van der Waals surface area contributed by atoms with Crippen LogP contribution in [0.15, 0.2) is 66.0 Å². The average molecular weight is 598 g/mol. The van der Waals surface area contributed by atoms with Gasteiger partial charge >= 0.3 is 0 Å². The highest BCUT2D eigenvalue weighted by atomic mass is 32.2. The Morgan fingerprint density at radius 1 is 1.07 bits per heavy atom. The summed E-state index contributed by atoms with van der Waals surface area (Å²) in [6.45, 7) is 8.73. The van der Waals surface area contributed by atoms with Crippen molar-refractivity contribution in [2.75, 3.05) is 43.9 Å². The van der Waals surface area contributed by atoms with Crippen molar-refractivity contribution >= 4 is 33.0 Å². The van der Waals surface area contributed by atoms with Crippen molar-refractivity contribution in [1.82, 2.24) is 10.6 Å². The fraction of sp³-hybridized carbons (Fsp3) is 0.400. The lowest BCUT2D eigenvalue weighted by atomic mass is 9.97. The molecule has 1 aliphatic rings. The van der Waals surface area contributed by atoms with Crippen LogP contribution in [0, 0.1) is 17.2 Å². The summed E-state index contributed by atoms with van der Waals surface area (Å²) in [6.07, 6.45) is 1.30. The lowest BCUT2D eigenvalue weighted by Crippen LogP contribution is -2.89. The monoisotopic (exact) mass is 597 g/mol. The summed E-state index contributed by atoms with van der Waals surface area (Å²) < 4.78 is 27.2. The Morgan fingerprint density at radius 3 is 2.17 bits per heavy atom. The standard InChI is InChI=1S/C29H35N5OS.CH4O3S/c1-21(2)20-26(29(35)32-14-13-30)33-28(27-4-3-19-36-27)24-7-5-22(6-8-24)23-9-11-25(12-10-23)34-17-15-31-16-18-34;1-5(2,3)4/h3-12,19,21,26,28,31,33H,14-18,20H2,1-2H3,(H,32,35);1H3,(H,2,3,4)/t26-,28-;/m0./s1. The summed E-state index contributed by atoms with van der Waals surface area (Å²) in [5.74, 6) is 0.211. The van der Waals surface area contributed by atoms with Crippen molar-refractivity contribution in [3.05, 3.63) is 76.5 Å². The van der Waals surface area contributed by atoms with Gasteiger partial charge in [-0.05, 0) is 52.6 Å². The number of hydrogen-bond acceptors (Lipinski definition) is 8. The molecule has 1 aliphatic heterocycles. The second kappa shape index (κ2) is 15.7. The highest BCUT2D eigenvalue weighted by Crippen LogP contribution is 2.30. The number of quaternary nitrogens is 1. The maximum absolute atomic E-state index is 12.8. The number of nitrogens with zero attached hydrogens (tertiary/aromatic N) is 2. The van der Waals surface area contributed by atoms with Crippen LogP contribution in [0.25, 0.3) is 11.1 Å². The van der Waals surface area contributed by atoms with Gasteiger partial charge in [0.05, 0.1) is 54.5 Å². The van der Waals surface area contributed by atoms with E-state index in [2.05, 4.69) is 94.7 Å². The molecule has 41 heavy (non-hydrogen) atoms. The highest BCUT2D eigenvalue weighted by Gasteiger charge is 2.25. The minimum Gasteiger partial charge on any atom is -0.748 e. The molecule has 1 amide bonds. The largest absolute Gasteiger partial charge is 0.748 e. The van der Waals surface area contributed by atoms with Crippen LogP contribution >= 0.6 is 11.3 Å². The zero-order valence-corrected chi connectivity index (χ0v) is 25.4. The molecule has 1 saturated heterocycles. The zero-order chi connectivity index (χ0) is 29.8. The minimum atomic E-state index is -3.92. The van der Waals surface area contributed by atoms with E-state index in [0.717, 1.165) is 36.6 Å². The quantitative estimate of drug-likeness (QED) is 0.241. The van der Waals surface area contributed by atoms with E-state index in [-0.39, 0.29) is 24.5 Å². The van der Waals surface area contributed by atoms with Crippen molar-refractivity contribution in [3.8, 4) is 17.2 Å². The normalized spacial score (nSPS) is 14.9. The summed E-state index contributed by atoms with van der Waals surface area (Å²) in [6, 6.07) is 23.1. The molecular weight excluding hydrogens is 558 g/mol. The Kier molecular flexibility index (Phi) is 12.3. The summed E-state index contributed by atoms with van der Waals surface area (Å²) >= 11 is 1.68. The first-order valence-electron chi connectivity index (χ1n) is 13.7. The van der Waals surface area contributed by atoms with Crippen molar-refractivity contribution in [3.63, 3.8) is 0 Å². The smallest absolute Gasteiger partial charge is 0.237 e. The number of carbonyl (C=O) groups excluding carboxylic acids is 1. The van der Waals surface area contributed by atoms with Crippen LogP contribution in [-0.4, -0.2) is 63.9 Å². The number of nitriles is 1. The first-order valence-corrected chi connectivity index (χ1v) is 16.4. The van der Waals surface area contributed by atoms with E-state index in [1.54, 1.807) is 11.3 Å². The molecule has 0 saturated carbocycles. The second-order valence-electron chi connectivity index (χ2n) is 10.4. The van der Waals surface area contributed by atoms with E-state index in [1.807, 2.05) is 12.1 Å². The summed E-state index contributed by atoms with van der Waals surface area (Å²) in [5, 5.41) is 19.7. The Morgan fingerprint density at radius 2 is 1.66 bits per heavy atom. The van der Waals surface area contributed by atoms with Crippen LogP contribution in [-0.2, 0) is 14.9 Å². The third-order valence-corrected chi connectivity index (χ3v) is 7.51. The number of benzene rings is 2. The summed E-state index contributed by atoms with van der Waals surface area (Å²) in [4.78, 5) is 16.4. The number of amides is 1. The number of rotatable bonds is 10. The summed E-state index contributed by atoms with van der Waals surface area (Å²) in [7, 11) is -3.92. The van der Waals surface area contributed by atoms with Crippen molar-refractivity contribution in [2.45, 2.75) is 32.4 Å². The molecule has 2 aromatic carbocycles. The van der Waals surface area contributed by atoms with E-state index < -0.39 is 10.1 Å². The molecule has 1 aromatic heterocycles. The number of hydrogen-bond donors (Lipinski definition) is 3. The van der Waals surface area contributed by atoms with Crippen LogP contribution in [0.4, 0.5) is 5.69 Å². The fourth-order valence-electron chi connectivity index (χ4n) is 4.71. The third-order valence-electron chi connectivity index (χ3n) is 6.58. The first-order chi connectivity index (χ1) is 19.5. The molecule has 0 spiro atoms. The lowest BCUT2D eigenvalue weighted by Gasteiger charge is -2.27. The number of nitrogens with two attached hydrogens (primary N) is 1. The van der Waals surface area contributed by atoms with Gasteiger partial charge in [-0.1, -0.05) is 56.3 Å². The third kappa shape index (κ3) is 10.9. The molecule has 4 N–H and O–H groups in total. The predicted molar refractivity (Wildman–Crippen MR) is 163 cm³/mol. The van der Waals surface area contributed by atoms with Gasteiger partial charge in [0.2, 0.25) is 5.91 Å². The van der Waals surface area contributed by atoms with Gasteiger partial charge < -0.3 is 20.1 Å². The van der Waals surface area contributed by atoms with Crippen LogP contribution < -0.4 is 20.9 Å². The van der Waals surface area contributed by atoms with Gasteiger partial charge in [0.25, 0.3) is 0 Å². The van der Waals surface area contributed by atoms with Gasteiger partial charge in [0, 0.05) is 16.8 Å². The fourth-order valence-corrected chi connectivity index (χ4v) is 5.52. The van der Waals surface area contributed by atoms with Crippen molar-refractivity contribution in [2.24, 2.45) is 5.92 Å². The Balaban J connectivity index is 0.000000850. The minimum absolute atomic E-state index is 0.0163. The van der Waals surface area contributed by atoms with Gasteiger partial charge in [0.15, 0.2) is 0 Å². The predicted octanol–water partition coefficient (Wildman–Crippen LogP) is 2.69. The molecule has 11 heteroatoms. The first kappa shape index (κ1) is 32.2. The Hall–Kier alpha value is -3.27. The lowest BCUT2D eigenvalue weighted by molar-refractivity contribution is -0.655. The van der Waals surface area contributed by atoms with E-state index in [0.29, 0.717) is 18.6 Å². The van der Waals surface area contributed by atoms with E-state index >= 15 is 0 Å². The molecule has 3 aromatic rings. The van der Waals surface area contributed by atoms with Gasteiger partial charge in [-0.2, -0.15) is 5.26 Å². The molecule has 1 fully saturated rings. The van der Waals surface area contributed by atoms with E-state index in [1.165, 1.54) is 16.8 Å². The van der Waals surface area contributed by atoms with E-state index in [9.17, 15) is 4.79 Å². The molecular formula is C30H39N5O4S2. The van der Waals surface area contributed by atoms with Crippen molar-refractivity contribution < 1.29 is 23.1 Å². The maximum Gasteiger partial charge on any atom is 0.237 e. The number of nitrogens with one attached hydrogen (secondary N) is 2. The zero-order valence-electron chi connectivity index (χ0n) is 23.7. The molecule has 2 heterocycles. The van der Waals surface area contributed by atoms with Gasteiger partial charge in [-0.3, -0.25) is 10.1 Å². The molecule has 220 valence electrons. The molecule has 4 rings (SSSR count). The molecule has 0 unspecified atom stereocenters. The van der Waals surface area contributed by atoms with Gasteiger partial charge in [0.1, 0.15) is 6.54 Å². The number of carbonyl (C=O) groups is 1. The highest BCUT2D eigenvalue weighted by molar-refractivity contribution is 7.84. The van der Waals surface area contributed by atoms with E-state index in [4.69, 9.17) is 18.2 Å². The van der Waals surface area contributed by atoms with Gasteiger partial charge in [-0.15, -0.1) is 11.3 Å². The number of thiophene rings is 1. The number of piperazine rings is 1. The van der Waals surface area contributed by atoms with Crippen LogP contribution in [0.1, 0.15) is 36.8 Å². The molecule has 2 atom stereocenters. The topological polar surface area (TPSA) is 142 Å². The van der Waals surface area contributed by atoms with Crippen LogP contribution in [0.5, 0.6) is 0 Å². The molecule has 9 nitrogen and oxygen atoms in total. The Labute approximate surface area is 247 Å².